The largest absolute Gasteiger partial charge is 0.339 e. The first-order valence-corrected chi connectivity index (χ1v) is 6.38. The lowest BCUT2D eigenvalue weighted by molar-refractivity contribution is -0.131. The molecular weight excluding hydrogens is 250 g/mol. The highest BCUT2D eigenvalue weighted by Crippen LogP contribution is 2.21. The summed E-state index contributed by atoms with van der Waals surface area (Å²) in [6, 6.07) is 3.42. The summed E-state index contributed by atoms with van der Waals surface area (Å²) in [4.78, 5) is 13.4. The Bertz CT molecular complexity index is 437. The average Bonchev–Trinajstić information content (AvgIpc) is 2.40. The summed E-state index contributed by atoms with van der Waals surface area (Å²) >= 11 is 0. The van der Waals surface area contributed by atoms with Gasteiger partial charge in [0.2, 0.25) is 5.91 Å². The Hall–Kier alpha value is -1.49. The lowest BCUT2D eigenvalue weighted by Gasteiger charge is -2.25. The van der Waals surface area contributed by atoms with E-state index >= 15 is 0 Å². The van der Waals surface area contributed by atoms with Gasteiger partial charge in [-0.2, -0.15) is 0 Å². The first kappa shape index (κ1) is 15.6. The van der Waals surface area contributed by atoms with Crippen LogP contribution in [0.5, 0.6) is 0 Å². The number of hydrogen-bond donors (Lipinski definition) is 1. The second kappa shape index (κ2) is 7.19. The number of carbonyl (C=O) groups is 1. The predicted octanol–water partition coefficient (Wildman–Crippen LogP) is 2.48. The monoisotopic (exact) mass is 270 g/mol. The van der Waals surface area contributed by atoms with E-state index in [0.29, 0.717) is 18.5 Å². The molecule has 19 heavy (non-hydrogen) atoms. The molecule has 0 aliphatic carbocycles. The van der Waals surface area contributed by atoms with E-state index in [2.05, 4.69) is 5.32 Å². The molecule has 0 spiro atoms. The Morgan fingerprint density at radius 1 is 1.37 bits per heavy atom. The zero-order valence-corrected chi connectivity index (χ0v) is 11.5. The summed E-state index contributed by atoms with van der Waals surface area (Å²) in [5.41, 5.74) is 0.582. The van der Waals surface area contributed by atoms with Crippen LogP contribution >= 0.6 is 0 Å². The molecule has 0 saturated carbocycles. The lowest BCUT2D eigenvalue weighted by atomic mass is 10.1. The first-order chi connectivity index (χ1) is 8.97. The third-order valence-corrected chi connectivity index (χ3v) is 3.17. The van der Waals surface area contributed by atoms with Crippen LogP contribution in [-0.2, 0) is 4.79 Å². The predicted molar refractivity (Wildman–Crippen MR) is 70.7 cm³/mol. The number of carbonyl (C=O) groups excluding carboxylic acids is 1. The maximum absolute atomic E-state index is 13.2. The van der Waals surface area contributed by atoms with Crippen LogP contribution in [0.4, 0.5) is 8.78 Å². The number of hydrogen-bond acceptors (Lipinski definition) is 2. The number of halogens is 2. The highest BCUT2D eigenvalue weighted by atomic mass is 19.2. The van der Waals surface area contributed by atoms with Crippen LogP contribution in [0.1, 0.15) is 31.9 Å². The Balaban J connectivity index is 2.67. The molecule has 1 unspecified atom stereocenters. The number of rotatable bonds is 6. The maximum atomic E-state index is 13.2. The van der Waals surface area contributed by atoms with Crippen molar-refractivity contribution in [2.75, 3.05) is 20.1 Å². The van der Waals surface area contributed by atoms with Crippen LogP contribution < -0.4 is 5.32 Å². The normalized spacial score (nSPS) is 12.3. The first-order valence-electron chi connectivity index (χ1n) is 6.38. The van der Waals surface area contributed by atoms with Crippen LogP contribution in [0, 0.1) is 11.6 Å². The third-order valence-electron chi connectivity index (χ3n) is 3.17. The molecule has 0 fully saturated rings. The molecule has 0 bridgehead atoms. The van der Waals surface area contributed by atoms with Crippen LogP contribution in [-0.4, -0.2) is 30.9 Å². The molecule has 0 radical (unpaired) electrons. The maximum Gasteiger partial charge on any atom is 0.224 e. The molecule has 3 nitrogen and oxygen atoms in total. The summed E-state index contributed by atoms with van der Waals surface area (Å²) < 4.78 is 26.0. The summed E-state index contributed by atoms with van der Waals surface area (Å²) in [6.07, 6.45) is 0.387. The summed E-state index contributed by atoms with van der Waals surface area (Å²) in [6.45, 7) is 5.19. The standard InChI is InChI=1S/C14H20F2N2O/c1-4-17-8-7-14(19)18(3)10(2)11-5-6-12(15)13(16)9-11/h5-6,9-10,17H,4,7-8H2,1-3H3. The van der Waals surface area contributed by atoms with E-state index in [1.54, 1.807) is 18.9 Å². The van der Waals surface area contributed by atoms with Gasteiger partial charge in [0.15, 0.2) is 11.6 Å². The fraction of sp³-hybridized carbons (Fsp3) is 0.500. The van der Waals surface area contributed by atoms with Gasteiger partial charge in [0.1, 0.15) is 0 Å². The van der Waals surface area contributed by atoms with Crippen molar-refractivity contribution in [3.05, 3.63) is 35.4 Å². The minimum absolute atomic E-state index is 0.0295. The molecule has 1 atom stereocenters. The van der Waals surface area contributed by atoms with Gasteiger partial charge in [-0.25, -0.2) is 8.78 Å². The van der Waals surface area contributed by atoms with Crippen molar-refractivity contribution in [2.45, 2.75) is 26.3 Å². The van der Waals surface area contributed by atoms with Gasteiger partial charge in [-0.3, -0.25) is 4.79 Å². The van der Waals surface area contributed by atoms with Gasteiger partial charge < -0.3 is 10.2 Å². The SMILES string of the molecule is CCNCCC(=O)N(C)C(C)c1ccc(F)c(F)c1. The van der Waals surface area contributed by atoms with E-state index in [1.807, 2.05) is 6.92 Å². The fourth-order valence-electron chi connectivity index (χ4n) is 1.76. The summed E-state index contributed by atoms with van der Waals surface area (Å²) in [5, 5.41) is 3.07. The zero-order chi connectivity index (χ0) is 14.4. The Labute approximate surface area is 112 Å². The van der Waals surface area contributed by atoms with Crippen molar-refractivity contribution in [3.63, 3.8) is 0 Å². The highest BCUT2D eigenvalue weighted by molar-refractivity contribution is 5.76. The molecule has 0 heterocycles. The second-order valence-electron chi connectivity index (χ2n) is 4.46. The minimum atomic E-state index is -0.891. The van der Waals surface area contributed by atoms with E-state index in [0.717, 1.165) is 18.7 Å². The third kappa shape index (κ3) is 4.28. The molecule has 1 amide bonds. The molecule has 1 rings (SSSR count). The average molecular weight is 270 g/mol. The fourth-order valence-corrected chi connectivity index (χ4v) is 1.76. The molecule has 1 aromatic carbocycles. The zero-order valence-electron chi connectivity index (χ0n) is 11.5. The van der Waals surface area contributed by atoms with E-state index in [-0.39, 0.29) is 11.9 Å². The molecule has 106 valence electrons. The van der Waals surface area contributed by atoms with Gasteiger partial charge in [-0.15, -0.1) is 0 Å². The summed E-state index contributed by atoms with van der Waals surface area (Å²) in [5.74, 6) is -1.80. The van der Waals surface area contributed by atoms with E-state index in [1.165, 1.54) is 6.07 Å². The van der Waals surface area contributed by atoms with Crippen molar-refractivity contribution >= 4 is 5.91 Å². The van der Waals surface area contributed by atoms with Crippen LogP contribution in [0.2, 0.25) is 0 Å². The van der Waals surface area contributed by atoms with Crippen molar-refractivity contribution in [2.24, 2.45) is 0 Å². The minimum Gasteiger partial charge on any atom is -0.339 e. The van der Waals surface area contributed by atoms with E-state index in [4.69, 9.17) is 0 Å². The van der Waals surface area contributed by atoms with Gasteiger partial charge in [0.25, 0.3) is 0 Å². The number of nitrogens with one attached hydrogen (secondary N) is 1. The molecular formula is C14H20F2N2O. The molecule has 0 aliphatic rings. The second-order valence-corrected chi connectivity index (χ2v) is 4.46. The molecule has 1 N–H and O–H groups in total. The van der Waals surface area contributed by atoms with E-state index in [9.17, 15) is 13.6 Å². The van der Waals surface area contributed by atoms with Crippen molar-refractivity contribution in [1.29, 1.82) is 0 Å². The topological polar surface area (TPSA) is 32.3 Å². The molecule has 1 aromatic rings. The van der Waals surface area contributed by atoms with Crippen molar-refractivity contribution in [1.82, 2.24) is 10.2 Å². The molecule has 5 heteroatoms. The van der Waals surface area contributed by atoms with Gasteiger partial charge >= 0.3 is 0 Å². The van der Waals surface area contributed by atoms with Gasteiger partial charge in [0, 0.05) is 20.0 Å². The molecule has 0 aliphatic heterocycles. The molecule has 0 saturated heterocycles. The summed E-state index contributed by atoms with van der Waals surface area (Å²) in [7, 11) is 1.67. The Morgan fingerprint density at radius 3 is 2.63 bits per heavy atom. The molecule has 0 aromatic heterocycles. The van der Waals surface area contributed by atoms with Gasteiger partial charge in [-0.05, 0) is 31.2 Å². The van der Waals surface area contributed by atoms with Crippen LogP contribution in [0.3, 0.4) is 0 Å². The quantitative estimate of drug-likeness (QED) is 0.805. The number of nitrogens with zero attached hydrogens (tertiary/aromatic N) is 1. The lowest BCUT2D eigenvalue weighted by Crippen LogP contribution is -2.32. The number of amides is 1. The number of benzene rings is 1. The van der Waals surface area contributed by atoms with Crippen molar-refractivity contribution in [3.8, 4) is 0 Å². The van der Waals surface area contributed by atoms with Crippen molar-refractivity contribution < 1.29 is 13.6 Å². The smallest absolute Gasteiger partial charge is 0.224 e. The van der Waals surface area contributed by atoms with Gasteiger partial charge in [0.05, 0.1) is 6.04 Å². The Morgan fingerprint density at radius 2 is 2.05 bits per heavy atom. The highest BCUT2D eigenvalue weighted by Gasteiger charge is 2.18. The van der Waals surface area contributed by atoms with E-state index < -0.39 is 11.6 Å². The Kier molecular flexibility index (Phi) is 5.89. The van der Waals surface area contributed by atoms with Crippen LogP contribution in [0.25, 0.3) is 0 Å². The van der Waals surface area contributed by atoms with Gasteiger partial charge in [-0.1, -0.05) is 13.0 Å². The van der Waals surface area contributed by atoms with Crippen LogP contribution in [0.15, 0.2) is 18.2 Å².